The second-order valence-electron chi connectivity index (χ2n) is 3.08. The summed E-state index contributed by atoms with van der Waals surface area (Å²) in [4.78, 5) is 0. The summed E-state index contributed by atoms with van der Waals surface area (Å²) >= 11 is 6.57. The molecule has 0 aliphatic rings. The molecular weight excluding hydrogens is 354 g/mol. The number of methoxy groups -OCH3 is 3. The minimum absolute atomic E-state index is 0.458. The summed E-state index contributed by atoms with van der Waals surface area (Å²) in [7, 11) is 4.63. The van der Waals surface area contributed by atoms with Crippen molar-refractivity contribution in [2.45, 2.75) is 0 Å². The summed E-state index contributed by atoms with van der Waals surface area (Å²) in [5.41, 5.74) is 7.25. The van der Waals surface area contributed by atoms with Crippen LogP contribution in [0.25, 0.3) is 6.08 Å². The zero-order valence-electron chi connectivity index (χ0n) is 9.71. The van der Waals surface area contributed by atoms with Gasteiger partial charge >= 0.3 is 0 Å². The first-order valence-corrected chi connectivity index (χ1v) is 6.24. The Morgan fingerprint density at radius 2 is 1.71 bits per heavy atom. The number of rotatable bonds is 4. The van der Waals surface area contributed by atoms with Crippen molar-refractivity contribution >= 4 is 43.6 Å². The van der Waals surface area contributed by atoms with Crippen molar-refractivity contribution in [3.63, 3.8) is 0 Å². The topological polar surface area (TPSA) is 53.7 Å². The highest BCUT2D eigenvalue weighted by Crippen LogP contribution is 2.44. The number of anilines is 1. The molecule has 0 unspecified atom stereocenters. The normalized spacial score (nSPS) is 9.71. The van der Waals surface area contributed by atoms with Gasteiger partial charge in [-0.3, -0.25) is 0 Å². The highest BCUT2D eigenvalue weighted by atomic mass is 79.9. The van der Waals surface area contributed by atoms with Crippen LogP contribution in [0.2, 0.25) is 0 Å². The Morgan fingerprint density at radius 1 is 1.12 bits per heavy atom. The van der Waals surface area contributed by atoms with Crippen LogP contribution in [0.15, 0.2) is 9.46 Å². The van der Waals surface area contributed by atoms with Gasteiger partial charge in [0.25, 0.3) is 0 Å². The second-order valence-corrected chi connectivity index (χ2v) is 5.86. The number of hydrogen-bond donors (Lipinski definition) is 1. The van der Waals surface area contributed by atoms with Crippen molar-refractivity contribution < 1.29 is 14.2 Å². The molecule has 94 valence electrons. The van der Waals surface area contributed by atoms with Crippen molar-refractivity contribution in [3.05, 3.63) is 15.0 Å². The van der Waals surface area contributed by atoms with Gasteiger partial charge in [-0.05, 0) is 44.0 Å². The number of hydrogen-bond acceptors (Lipinski definition) is 4. The quantitative estimate of drug-likeness (QED) is 0.830. The van der Waals surface area contributed by atoms with Gasteiger partial charge in [-0.2, -0.15) is 0 Å². The van der Waals surface area contributed by atoms with Crippen LogP contribution in [0, 0.1) is 0 Å². The van der Waals surface area contributed by atoms with E-state index in [0.717, 1.165) is 8.96 Å². The fraction of sp³-hybridized carbons (Fsp3) is 0.273. The van der Waals surface area contributed by atoms with E-state index in [0.29, 0.717) is 22.9 Å². The molecular formula is C11H13Br2NO3. The molecule has 0 saturated heterocycles. The molecule has 1 aromatic rings. The smallest absolute Gasteiger partial charge is 0.205 e. The molecule has 1 aromatic carbocycles. The molecule has 0 amide bonds. The van der Waals surface area contributed by atoms with Gasteiger partial charge in [-0.1, -0.05) is 0 Å². The van der Waals surface area contributed by atoms with E-state index in [1.165, 1.54) is 14.2 Å². The van der Waals surface area contributed by atoms with Crippen LogP contribution in [-0.4, -0.2) is 21.3 Å². The molecule has 0 bridgehead atoms. The lowest BCUT2D eigenvalue weighted by molar-refractivity contribution is 0.325. The van der Waals surface area contributed by atoms with Gasteiger partial charge in [-0.25, -0.2) is 0 Å². The van der Waals surface area contributed by atoms with Crippen LogP contribution in [0.4, 0.5) is 5.69 Å². The van der Waals surface area contributed by atoms with Gasteiger partial charge in [0.15, 0.2) is 11.5 Å². The molecule has 4 nitrogen and oxygen atoms in total. The summed E-state index contributed by atoms with van der Waals surface area (Å²) in [6.45, 7) is 0. The number of nitrogen functional groups attached to an aromatic ring is 1. The molecule has 0 saturated carbocycles. The van der Waals surface area contributed by atoms with E-state index in [1.54, 1.807) is 19.3 Å². The van der Waals surface area contributed by atoms with E-state index in [1.807, 2.05) is 0 Å². The van der Waals surface area contributed by atoms with Crippen molar-refractivity contribution in [1.82, 2.24) is 0 Å². The molecule has 0 atom stereocenters. The number of nitrogens with two attached hydrogens (primary N) is 1. The van der Waals surface area contributed by atoms with Crippen molar-refractivity contribution in [3.8, 4) is 17.2 Å². The van der Waals surface area contributed by atoms with E-state index in [2.05, 4.69) is 31.9 Å². The molecule has 0 heterocycles. The monoisotopic (exact) mass is 365 g/mol. The molecule has 2 N–H and O–H groups in total. The zero-order valence-corrected chi connectivity index (χ0v) is 12.9. The molecule has 0 aromatic heterocycles. The molecule has 0 spiro atoms. The Morgan fingerprint density at radius 3 is 2.12 bits per heavy atom. The highest BCUT2D eigenvalue weighted by molar-refractivity contribution is 9.28. The predicted molar refractivity (Wildman–Crippen MR) is 76.3 cm³/mol. The van der Waals surface area contributed by atoms with Gasteiger partial charge in [-0.15, -0.1) is 0 Å². The second kappa shape index (κ2) is 6.16. The third kappa shape index (κ3) is 3.07. The minimum atomic E-state index is 0.458. The van der Waals surface area contributed by atoms with Gasteiger partial charge < -0.3 is 19.9 Å². The molecule has 0 aliphatic heterocycles. The van der Waals surface area contributed by atoms with Crippen molar-refractivity contribution in [1.29, 1.82) is 0 Å². The van der Waals surface area contributed by atoms with E-state index in [9.17, 15) is 0 Å². The van der Waals surface area contributed by atoms with Crippen LogP contribution in [0.3, 0.4) is 0 Å². The third-order valence-electron chi connectivity index (χ3n) is 2.17. The van der Waals surface area contributed by atoms with E-state index in [-0.39, 0.29) is 0 Å². The maximum Gasteiger partial charge on any atom is 0.205 e. The van der Waals surface area contributed by atoms with E-state index in [4.69, 9.17) is 19.9 Å². The Bertz CT molecular complexity index is 443. The van der Waals surface area contributed by atoms with Gasteiger partial charge in [0.2, 0.25) is 5.75 Å². The summed E-state index contributed by atoms with van der Waals surface area (Å²) in [5.74, 6) is 1.50. The number of benzene rings is 1. The molecule has 1 rings (SSSR count). The predicted octanol–water partition coefficient (Wildman–Crippen LogP) is 3.38. The van der Waals surface area contributed by atoms with Crippen LogP contribution in [0.1, 0.15) is 5.56 Å². The SMILES string of the molecule is COc1cc(C=C(Br)Br)c(N)c(OC)c1OC. The molecule has 17 heavy (non-hydrogen) atoms. The maximum absolute atomic E-state index is 6.00. The van der Waals surface area contributed by atoms with Crippen LogP contribution >= 0.6 is 31.9 Å². The highest BCUT2D eigenvalue weighted by Gasteiger charge is 2.17. The fourth-order valence-corrected chi connectivity index (χ4v) is 1.93. The summed E-state index contributed by atoms with van der Waals surface area (Å²) in [6, 6.07) is 1.78. The van der Waals surface area contributed by atoms with Crippen LogP contribution < -0.4 is 19.9 Å². The average molecular weight is 367 g/mol. The summed E-state index contributed by atoms with van der Waals surface area (Å²) in [6.07, 6.45) is 1.81. The average Bonchev–Trinajstić information content (AvgIpc) is 2.30. The van der Waals surface area contributed by atoms with E-state index < -0.39 is 0 Å². The minimum Gasteiger partial charge on any atom is -0.493 e. The summed E-state index contributed by atoms with van der Waals surface area (Å²) < 4.78 is 16.5. The van der Waals surface area contributed by atoms with Gasteiger partial charge in [0.05, 0.1) is 30.4 Å². The van der Waals surface area contributed by atoms with Crippen LogP contribution in [-0.2, 0) is 0 Å². The number of halogens is 2. The molecule has 0 radical (unpaired) electrons. The first-order valence-electron chi connectivity index (χ1n) is 4.66. The van der Waals surface area contributed by atoms with Gasteiger partial charge in [0.1, 0.15) is 0 Å². The Balaban J connectivity index is 3.50. The third-order valence-corrected chi connectivity index (χ3v) is 2.62. The lowest BCUT2D eigenvalue weighted by atomic mass is 10.1. The largest absolute Gasteiger partial charge is 0.493 e. The molecule has 0 aliphatic carbocycles. The summed E-state index contributed by atoms with van der Waals surface area (Å²) in [5, 5.41) is 0. The van der Waals surface area contributed by atoms with Crippen molar-refractivity contribution in [2.24, 2.45) is 0 Å². The van der Waals surface area contributed by atoms with E-state index >= 15 is 0 Å². The lowest BCUT2D eigenvalue weighted by Crippen LogP contribution is -2.01. The van der Waals surface area contributed by atoms with Crippen molar-refractivity contribution in [2.75, 3.05) is 27.1 Å². The fourth-order valence-electron chi connectivity index (χ4n) is 1.43. The first kappa shape index (κ1) is 14.2. The first-order chi connectivity index (χ1) is 8.04. The Hall–Kier alpha value is -0.880. The van der Waals surface area contributed by atoms with Gasteiger partial charge in [0, 0.05) is 5.56 Å². The Labute approximate surface area is 117 Å². The van der Waals surface area contributed by atoms with Crippen LogP contribution in [0.5, 0.6) is 17.2 Å². The molecule has 6 heteroatoms. The molecule has 0 fully saturated rings. The Kier molecular flexibility index (Phi) is 5.14. The maximum atomic E-state index is 6.00. The number of ether oxygens (including phenoxy) is 3. The standard InChI is InChI=1S/C11H13Br2NO3/c1-15-7-4-6(5-8(12)13)9(14)11(17-3)10(7)16-2/h4-5H,14H2,1-3H3. The zero-order chi connectivity index (χ0) is 13.0. The lowest BCUT2D eigenvalue weighted by Gasteiger charge is -2.15.